The molecule has 0 aliphatic carbocycles. The minimum Gasteiger partial charge on any atom is -0.342 e. The summed E-state index contributed by atoms with van der Waals surface area (Å²) in [4.78, 5) is 13.8. The first-order valence-electron chi connectivity index (χ1n) is 5.85. The van der Waals surface area contributed by atoms with Crippen LogP contribution in [0.4, 0.5) is 0 Å². The van der Waals surface area contributed by atoms with Crippen LogP contribution in [0.15, 0.2) is 0 Å². The van der Waals surface area contributed by atoms with Crippen LogP contribution in [0.3, 0.4) is 0 Å². The van der Waals surface area contributed by atoms with E-state index in [0.29, 0.717) is 5.91 Å². The molecule has 0 aromatic rings. The number of carbonyl (C=O) groups is 1. The van der Waals surface area contributed by atoms with E-state index in [1.54, 1.807) is 0 Å². The summed E-state index contributed by atoms with van der Waals surface area (Å²) in [6.45, 7) is 10.5. The van der Waals surface area contributed by atoms with E-state index < -0.39 is 0 Å². The topological polar surface area (TPSA) is 20.3 Å². The van der Waals surface area contributed by atoms with Crippen LogP contribution in [0.1, 0.15) is 40.5 Å². The summed E-state index contributed by atoms with van der Waals surface area (Å²) in [7, 11) is 0. The molecule has 1 heterocycles. The van der Waals surface area contributed by atoms with E-state index in [4.69, 9.17) is 0 Å². The Labute approximate surface area is 87.7 Å². The number of carbonyl (C=O) groups excluding carboxylic acids is 1. The molecule has 0 radical (unpaired) electrons. The number of hydrogen-bond donors (Lipinski definition) is 0. The van der Waals surface area contributed by atoms with E-state index in [9.17, 15) is 4.79 Å². The Morgan fingerprint density at radius 2 is 2.07 bits per heavy atom. The van der Waals surface area contributed by atoms with Crippen molar-refractivity contribution in [1.82, 2.24) is 4.90 Å². The molecule has 0 bridgehead atoms. The van der Waals surface area contributed by atoms with Crippen LogP contribution in [-0.2, 0) is 4.79 Å². The first-order valence-corrected chi connectivity index (χ1v) is 5.85. The molecule has 2 unspecified atom stereocenters. The van der Waals surface area contributed by atoms with Crippen molar-refractivity contribution in [3.05, 3.63) is 0 Å². The molecule has 2 nitrogen and oxygen atoms in total. The minimum atomic E-state index is 0.158. The van der Waals surface area contributed by atoms with Gasteiger partial charge in [-0.05, 0) is 18.3 Å². The van der Waals surface area contributed by atoms with E-state index in [1.807, 2.05) is 18.7 Å². The van der Waals surface area contributed by atoms with Crippen molar-refractivity contribution in [2.75, 3.05) is 13.1 Å². The number of amides is 1. The summed E-state index contributed by atoms with van der Waals surface area (Å²) < 4.78 is 0. The third-order valence-electron chi connectivity index (χ3n) is 3.48. The average Bonchev–Trinajstić information content (AvgIpc) is 2.64. The average molecular weight is 197 g/mol. The molecule has 1 aliphatic heterocycles. The summed E-state index contributed by atoms with van der Waals surface area (Å²) in [5, 5.41) is 0. The molecule has 0 aromatic carbocycles. The highest BCUT2D eigenvalue weighted by Crippen LogP contribution is 2.26. The number of likely N-dealkylation sites (tertiary alicyclic amines) is 1. The van der Waals surface area contributed by atoms with E-state index in [0.717, 1.165) is 24.9 Å². The SMILES string of the molecule is CCC(C)C1CCN(C(=O)C(C)C)C1. The molecule has 2 heteroatoms. The van der Waals surface area contributed by atoms with E-state index >= 15 is 0 Å². The van der Waals surface area contributed by atoms with Crippen molar-refractivity contribution in [2.45, 2.75) is 40.5 Å². The molecule has 0 aromatic heterocycles. The normalized spacial score (nSPS) is 24.4. The zero-order chi connectivity index (χ0) is 10.7. The Morgan fingerprint density at radius 1 is 1.43 bits per heavy atom. The van der Waals surface area contributed by atoms with Gasteiger partial charge in [-0.1, -0.05) is 34.1 Å². The fourth-order valence-corrected chi connectivity index (χ4v) is 2.15. The summed E-state index contributed by atoms with van der Waals surface area (Å²) in [6, 6.07) is 0. The molecule has 14 heavy (non-hydrogen) atoms. The zero-order valence-electron chi connectivity index (χ0n) is 9.92. The van der Waals surface area contributed by atoms with Crippen LogP contribution in [0.25, 0.3) is 0 Å². The fraction of sp³-hybridized carbons (Fsp3) is 0.917. The lowest BCUT2D eigenvalue weighted by Crippen LogP contribution is -2.32. The molecule has 82 valence electrons. The predicted molar refractivity (Wildman–Crippen MR) is 59.0 cm³/mol. The zero-order valence-corrected chi connectivity index (χ0v) is 9.92. The summed E-state index contributed by atoms with van der Waals surface area (Å²) >= 11 is 0. The van der Waals surface area contributed by atoms with Gasteiger partial charge in [0.1, 0.15) is 0 Å². The van der Waals surface area contributed by atoms with Gasteiger partial charge in [-0.2, -0.15) is 0 Å². The maximum absolute atomic E-state index is 11.7. The molecule has 0 saturated carbocycles. The van der Waals surface area contributed by atoms with Gasteiger partial charge in [0.2, 0.25) is 5.91 Å². The van der Waals surface area contributed by atoms with Gasteiger partial charge in [0.05, 0.1) is 0 Å². The molecular weight excluding hydrogens is 174 g/mol. The van der Waals surface area contributed by atoms with Gasteiger partial charge in [0, 0.05) is 19.0 Å². The molecular formula is C12H23NO. The van der Waals surface area contributed by atoms with Gasteiger partial charge in [-0.25, -0.2) is 0 Å². The van der Waals surface area contributed by atoms with Crippen molar-refractivity contribution in [3.63, 3.8) is 0 Å². The van der Waals surface area contributed by atoms with Crippen molar-refractivity contribution in [1.29, 1.82) is 0 Å². The van der Waals surface area contributed by atoms with Gasteiger partial charge in [-0.15, -0.1) is 0 Å². The van der Waals surface area contributed by atoms with Gasteiger partial charge >= 0.3 is 0 Å². The van der Waals surface area contributed by atoms with Crippen molar-refractivity contribution in [3.8, 4) is 0 Å². The van der Waals surface area contributed by atoms with Gasteiger partial charge in [0.25, 0.3) is 0 Å². The lowest BCUT2D eigenvalue weighted by Gasteiger charge is -2.20. The van der Waals surface area contributed by atoms with Crippen molar-refractivity contribution in [2.24, 2.45) is 17.8 Å². The van der Waals surface area contributed by atoms with Crippen LogP contribution < -0.4 is 0 Å². The monoisotopic (exact) mass is 197 g/mol. The smallest absolute Gasteiger partial charge is 0.225 e. The van der Waals surface area contributed by atoms with Crippen molar-refractivity contribution < 1.29 is 4.79 Å². The molecule has 1 rings (SSSR count). The molecule has 1 fully saturated rings. The molecule has 0 spiro atoms. The molecule has 1 amide bonds. The Morgan fingerprint density at radius 3 is 2.57 bits per heavy atom. The Bertz CT molecular complexity index is 200. The van der Waals surface area contributed by atoms with Crippen LogP contribution >= 0.6 is 0 Å². The van der Waals surface area contributed by atoms with Crippen LogP contribution in [0.2, 0.25) is 0 Å². The quantitative estimate of drug-likeness (QED) is 0.681. The molecule has 1 aliphatic rings. The van der Waals surface area contributed by atoms with Crippen LogP contribution in [0.5, 0.6) is 0 Å². The van der Waals surface area contributed by atoms with Crippen molar-refractivity contribution >= 4 is 5.91 Å². The van der Waals surface area contributed by atoms with Crippen LogP contribution in [0, 0.1) is 17.8 Å². The third-order valence-corrected chi connectivity index (χ3v) is 3.48. The van der Waals surface area contributed by atoms with E-state index in [2.05, 4.69) is 13.8 Å². The van der Waals surface area contributed by atoms with Crippen LogP contribution in [-0.4, -0.2) is 23.9 Å². The lowest BCUT2D eigenvalue weighted by molar-refractivity contribution is -0.133. The van der Waals surface area contributed by atoms with E-state index in [1.165, 1.54) is 12.8 Å². The number of hydrogen-bond acceptors (Lipinski definition) is 1. The summed E-state index contributed by atoms with van der Waals surface area (Å²) in [6.07, 6.45) is 2.43. The summed E-state index contributed by atoms with van der Waals surface area (Å²) in [5.41, 5.74) is 0. The highest BCUT2D eigenvalue weighted by Gasteiger charge is 2.29. The molecule has 2 atom stereocenters. The first-order chi connectivity index (χ1) is 6.56. The standard InChI is InChI=1S/C12H23NO/c1-5-10(4)11-6-7-13(8-11)12(14)9(2)3/h9-11H,5-8H2,1-4H3. The number of rotatable bonds is 3. The Balaban J connectivity index is 2.45. The second-order valence-corrected chi connectivity index (χ2v) is 4.87. The van der Waals surface area contributed by atoms with Gasteiger partial charge in [-0.3, -0.25) is 4.79 Å². The number of nitrogens with zero attached hydrogens (tertiary/aromatic N) is 1. The maximum Gasteiger partial charge on any atom is 0.225 e. The van der Waals surface area contributed by atoms with Gasteiger partial charge < -0.3 is 4.90 Å². The third kappa shape index (κ3) is 2.49. The molecule has 1 saturated heterocycles. The second kappa shape index (κ2) is 4.81. The van der Waals surface area contributed by atoms with Gasteiger partial charge in [0.15, 0.2) is 0 Å². The Hall–Kier alpha value is -0.530. The predicted octanol–water partition coefficient (Wildman–Crippen LogP) is 2.54. The van der Waals surface area contributed by atoms with E-state index in [-0.39, 0.29) is 5.92 Å². The highest BCUT2D eigenvalue weighted by molar-refractivity contribution is 5.78. The summed E-state index contributed by atoms with van der Waals surface area (Å²) in [5.74, 6) is 1.99. The second-order valence-electron chi connectivity index (χ2n) is 4.87. The fourth-order valence-electron chi connectivity index (χ4n) is 2.15. The molecule has 0 N–H and O–H groups in total. The minimum absolute atomic E-state index is 0.158. The first kappa shape index (κ1) is 11.5. The maximum atomic E-state index is 11.7. The lowest BCUT2D eigenvalue weighted by atomic mass is 9.91. The largest absolute Gasteiger partial charge is 0.342 e. The highest BCUT2D eigenvalue weighted by atomic mass is 16.2. The Kier molecular flexibility index (Phi) is 3.97.